The van der Waals surface area contributed by atoms with Crippen LogP contribution in [-0.2, 0) is 0 Å². The average molecular weight is 325 g/mol. The zero-order valence-corrected chi connectivity index (χ0v) is 14.9. The van der Waals surface area contributed by atoms with Crippen molar-refractivity contribution >= 4 is 5.91 Å². The van der Waals surface area contributed by atoms with E-state index in [2.05, 4.69) is 28.9 Å². The first-order chi connectivity index (χ1) is 11.6. The van der Waals surface area contributed by atoms with Crippen molar-refractivity contribution in [3.63, 3.8) is 0 Å². The predicted molar refractivity (Wildman–Crippen MR) is 97.8 cm³/mol. The van der Waals surface area contributed by atoms with Gasteiger partial charge in [-0.1, -0.05) is 18.2 Å². The summed E-state index contributed by atoms with van der Waals surface area (Å²) >= 11 is 0. The lowest BCUT2D eigenvalue weighted by atomic mass is 9.97. The number of nitrogens with one attached hydrogen (secondary N) is 1. The first-order valence-electron chi connectivity index (χ1n) is 8.80. The molecule has 3 rings (SSSR count). The molecule has 1 aliphatic heterocycles. The number of hydrogen-bond acceptors (Lipinski definition) is 2. The number of rotatable bonds is 4. The predicted octanol–water partition coefficient (Wildman–Crippen LogP) is 3.17. The van der Waals surface area contributed by atoms with Gasteiger partial charge in [-0.3, -0.25) is 4.79 Å². The van der Waals surface area contributed by atoms with Crippen LogP contribution >= 0.6 is 0 Å². The molecule has 4 heteroatoms. The summed E-state index contributed by atoms with van der Waals surface area (Å²) in [5.41, 5.74) is 4.07. The highest BCUT2D eigenvalue weighted by atomic mass is 16.2. The van der Waals surface area contributed by atoms with E-state index < -0.39 is 0 Å². The molecule has 1 aromatic heterocycles. The van der Waals surface area contributed by atoms with Gasteiger partial charge in [0.15, 0.2) is 0 Å². The van der Waals surface area contributed by atoms with Gasteiger partial charge in [-0.25, -0.2) is 0 Å². The molecule has 0 bridgehead atoms. The number of nitrogens with zero attached hydrogens (tertiary/aromatic N) is 2. The zero-order valence-electron chi connectivity index (χ0n) is 14.9. The van der Waals surface area contributed by atoms with Gasteiger partial charge in [0.1, 0.15) is 0 Å². The summed E-state index contributed by atoms with van der Waals surface area (Å²) in [6.45, 7) is 6.81. The third kappa shape index (κ3) is 3.24. The van der Waals surface area contributed by atoms with Gasteiger partial charge in [0.05, 0.1) is 5.56 Å². The molecular formula is C20H27N3O. The van der Waals surface area contributed by atoms with E-state index in [-0.39, 0.29) is 5.91 Å². The Morgan fingerprint density at radius 3 is 2.71 bits per heavy atom. The molecule has 1 atom stereocenters. The van der Waals surface area contributed by atoms with E-state index in [1.807, 2.05) is 43.1 Å². The van der Waals surface area contributed by atoms with Crippen LogP contribution in [0.5, 0.6) is 0 Å². The summed E-state index contributed by atoms with van der Waals surface area (Å²) in [7, 11) is 1.98. The van der Waals surface area contributed by atoms with Gasteiger partial charge in [-0.05, 0) is 64.4 Å². The van der Waals surface area contributed by atoms with Gasteiger partial charge in [-0.2, -0.15) is 0 Å². The third-order valence-electron chi connectivity index (χ3n) is 4.97. The van der Waals surface area contributed by atoms with Crippen molar-refractivity contribution in [1.82, 2.24) is 14.8 Å². The summed E-state index contributed by atoms with van der Waals surface area (Å²) in [5, 5.41) is 3.24. The van der Waals surface area contributed by atoms with Crippen molar-refractivity contribution in [3.8, 4) is 5.69 Å². The van der Waals surface area contributed by atoms with E-state index in [1.54, 1.807) is 0 Å². The molecular weight excluding hydrogens is 298 g/mol. The first-order valence-corrected chi connectivity index (χ1v) is 8.80. The summed E-state index contributed by atoms with van der Waals surface area (Å²) in [5.74, 6) is 0.733. The molecule has 24 heavy (non-hydrogen) atoms. The van der Waals surface area contributed by atoms with Gasteiger partial charge in [-0.15, -0.1) is 0 Å². The van der Waals surface area contributed by atoms with Crippen molar-refractivity contribution in [2.45, 2.75) is 26.7 Å². The van der Waals surface area contributed by atoms with Crippen molar-refractivity contribution in [1.29, 1.82) is 0 Å². The highest BCUT2D eigenvalue weighted by molar-refractivity contribution is 5.96. The standard InChI is InChI=1S/C20H27N3O/c1-15-12-19(16(2)23(15)18-9-5-4-6-10-18)20(24)22-11-7-8-17(14-22)13-21-3/h4-6,9-10,12,17,21H,7-8,11,13-14H2,1-3H3. The molecule has 2 heterocycles. The van der Waals surface area contributed by atoms with Gasteiger partial charge in [0, 0.05) is 30.2 Å². The molecule has 2 aromatic rings. The van der Waals surface area contributed by atoms with E-state index in [9.17, 15) is 4.79 Å². The van der Waals surface area contributed by atoms with Crippen LogP contribution in [0.4, 0.5) is 0 Å². The molecule has 1 N–H and O–H groups in total. The highest BCUT2D eigenvalue weighted by Crippen LogP contribution is 2.24. The maximum absolute atomic E-state index is 13.1. The second-order valence-electron chi connectivity index (χ2n) is 6.77. The Morgan fingerprint density at radius 2 is 2.00 bits per heavy atom. The summed E-state index contributed by atoms with van der Waals surface area (Å²) in [6, 6.07) is 12.3. The number of aryl methyl sites for hydroxylation is 1. The number of amides is 1. The molecule has 1 saturated heterocycles. The van der Waals surface area contributed by atoms with Crippen LogP contribution < -0.4 is 5.32 Å². The Bertz CT molecular complexity index is 703. The zero-order chi connectivity index (χ0) is 17.1. The fourth-order valence-corrected chi connectivity index (χ4v) is 3.83. The summed E-state index contributed by atoms with van der Waals surface area (Å²) < 4.78 is 2.17. The number of para-hydroxylation sites is 1. The van der Waals surface area contributed by atoms with E-state index in [0.717, 1.165) is 48.7 Å². The molecule has 1 unspecified atom stereocenters. The Morgan fingerprint density at radius 1 is 1.25 bits per heavy atom. The Balaban J connectivity index is 1.86. The van der Waals surface area contributed by atoms with Gasteiger partial charge in [0.25, 0.3) is 5.91 Å². The van der Waals surface area contributed by atoms with Crippen LogP contribution in [0.15, 0.2) is 36.4 Å². The topological polar surface area (TPSA) is 37.3 Å². The summed E-state index contributed by atoms with van der Waals surface area (Å²) in [4.78, 5) is 15.1. The van der Waals surface area contributed by atoms with Crippen LogP contribution in [0.1, 0.15) is 34.6 Å². The number of benzene rings is 1. The third-order valence-corrected chi connectivity index (χ3v) is 4.97. The van der Waals surface area contributed by atoms with Crippen molar-refractivity contribution < 1.29 is 4.79 Å². The van der Waals surface area contributed by atoms with Gasteiger partial charge < -0.3 is 14.8 Å². The van der Waals surface area contributed by atoms with Gasteiger partial charge in [0.2, 0.25) is 0 Å². The lowest BCUT2D eigenvalue weighted by Crippen LogP contribution is -2.42. The molecule has 4 nitrogen and oxygen atoms in total. The largest absolute Gasteiger partial charge is 0.338 e. The normalized spacial score (nSPS) is 18.0. The van der Waals surface area contributed by atoms with E-state index in [4.69, 9.17) is 0 Å². The fourth-order valence-electron chi connectivity index (χ4n) is 3.83. The molecule has 0 aliphatic carbocycles. The SMILES string of the molecule is CNCC1CCCN(C(=O)c2cc(C)n(-c3ccccc3)c2C)C1. The van der Waals surface area contributed by atoms with Crippen LogP contribution in [-0.4, -0.2) is 42.1 Å². The molecule has 128 valence electrons. The smallest absolute Gasteiger partial charge is 0.255 e. The molecule has 0 spiro atoms. The lowest BCUT2D eigenvalue weighted by molar-refractivity contribution is 0.0673. The van der Waals surface area contributed by atoms with Crippen molar-refractivity contribution in [2.24, 2.45) is 5.92 Å². The monoisotopic (exact) mass is 325 g/mol. The molecule has 1 amide bonds. The first kappa shape index (κ1) is 16.8. The fraction of sp³-hybridized carbons (Fsp3) is 0.450. The summed E-state index contributed by atoms with van der Waals surface area (Å²) in [6.07, 6.45) is 2.29. The number of likely N-dealkylation sites (tertiary alicyclic amines) is 1. The Hall–Kier alpha value is -2.07. The van der Waals surface area contributed by atoms with Crippen molar-refractivity contribution in [3.05, 3.63) is 53.3 Å². The minimum Gasteiger partial charge on any atom is -0.338 e. The van der Waals surface area contributed by atoms with E-state index >= 15 is 0 Å². The molecule has 1 fully saturated rings. The van der Waals surface area contributed by atoms with Crippen LogP contribution in [0.2, 0.25) is 0 Å². The number of hydrogen-bond donors (Lipinski definition) is 1. The van der Waals surface area contributed by atoms with Gasteiger partial charge >= 0.3 is 0 Å². The Kier molecular flexibility index (Phi) is 5.05. The minimum absolute atomic E-state index is 0.172. The Labute approximate surface area is 144 Å². The number of aromatic nitrogens is 1. The van der Waals surface area contributed by atoms with Crippen molar-refractivity contribution in [2.75, 3.05) is 26.7 Å². The molecule has 0 radical (unpaired) electrons. The molecule has 0 saturated carbocycles. The minimum atomic E-state index is 0.172. The number of carbonyl (C=O) groups is 1. The highest BCUT2D eigenvalue weighted by Gasteiger charge is 2.26. The van der Waals surface area contributed by atoms with E-state index in [1.165, 1.54) is 6.42 Å². The van der Waals surface area contributed by atoms with Crippen LogP contribution in [0.25, 0.3) is 5.69 Å². The lowest BCUT2D eigenvalue weighted by Gasteiger charge is -2.32. The average Bonchev–Trinajstić information content (AvgIpc) is 2.90. The van der Waals surface area contributed by atoms with Crippen LogP contribution in [0.3, 0.4) is 0 Å². The maximum Gasteiger partial charge on any atom is 0.255 e. The second-order valence-corrected chi connectivity index (χ2v) is 6.77. The van der Waals surface area contributed by atoms with E-state index in [0.29, 0.717) is 5.92 Å². The van der Waals surface area contributed by atoms with Crippen LogP contribution in [0, 0.1) is 19.8 Å². The second kappa shape index (κ2) is 7.22. The molecule has 1 aliphatic rings. The molecule has 1 aromatic carbocycles. The maximum atomic E-state index is 13.1. The number of piperidine rings is 1. The number of carbonyl (C=O) groups excluding carboxylic acids is 1. The quantitative estimate of drug-likeness (QED) is 0.937.